The van der Waals surface area contributed by atoms with Gasteiger partial charge in [-0.3, -0.25) is 0 Å². The number of hydrogen-bond donors (Lipinski definition) is 0. The van der Waals surface area contributed by atoms with Crippen LogP contribution in [0.1, 0.15) is 31.9 Å². The monoisotopic (exact) mass is 580 g/mol. The predicted molar refractivity (Wildman–Crippen MR) is 151 cm³/mol. The average Bonchev–Trinajstić information content (AvgIpc) is 2.87. The van der Waals surface area contributed by atoms with Gasteiger partial charge in [0.2, 0.25) is 10.0 Å². The predicted octanol–water partition coefficient (Wildman–Crippen LogP) is 7.28. The van der Waals surface area contributed by atoms with Crippen LogP contribution in [0, 0.1) is 0 Å². The molecule has 0 aromatic heterocycles. The van der Waals surface area contributed by atoms with Crippen LogP contribution in [-0.2, 0) is 27.8 Å². The fourth-order valence-corrected chi connectivity index (χ4v) is 5.60. The van der Waals surface area contributed by atoms with Crippen molar-refractivity contribution in [1.82, 2.24) is 4.31 Å². The Bertz CT molecular complexity index is 1450. The molecule has 0 aliphatic rings. The highest BCUT2D eigenvalue weighted by atomic mass is 79.9. The van der Waals surface area contributed by atoms with E-state index in [1.165, 1.54) is 8.23 Å². The van der Waals surface area contributed by atoms with Crippen molar-refractivity contribution >= 4 is 48.7 Å². The molecule has 0 saturated carbocycles. The van der Waals surface area contributed by atoms with E-state index in [-0.39, 0.29) is 18.0 Å². The third kappa shape index (κ3) is 6.77. The minimum absolute atomic E-state index is 0.183. The van der Waals surface area contributed by atoms with E-state index in [1.54, 1.807) is 51.1 Å². The lowest BCUT2D eigenvalue weighted by Gasteiger charge is -2.24. The first kappa shape index (κ1) is 26.9. The Hall–Kier alpha value is -3.20. The first-order valence-corrected chi connectivity index (χ1v) is 14.0. The van der Waals surface area contributed by atoms with Crippen molar-refractivity contribution < 1.29 is 17.9 Å². The molecule has 0 atom stereocenters. The number of carbonyl (C=O) groups excluding carboxylic acids is 1. The smallest absolute Gasteiger partial charge is 0.425 e. The lowest BCUT2D eigenvalue weighted by atomic mass is 10.1. The van der Waals surface area contributed by atoms with E-state index < -0.39 is 21.7 Å². The van der Waals surface area contributed by atoms with Crippen LogP contribution in [0.3, 0.4) is 0 Å². The van der Waals surface area contributed by atoms with Crippen molar-refractivity contribution in [2.24, 2.45) is 0 Å². The fourth-order valence-electron chi connectivity index (χ4n) is 3.85. The highest BCUT2D eigenvalue weighted by Gasteiger charge is 2.26. The second-order valence-corrected chi connectivity index (χ2v) is 12.3. The summed E-state index contributed by atoms with van der Waals surface area (Å²) in [5.41, 5.74) is 1.68. The Morgan fingerprint density at radius 3 is 1.86 bits per heavy atom. The van der Waals surface area contributed by atoms with E-state index in [9.17, 15) is 13.2 Å². The zero-order valence-electron chi connectivity index (χ0n) is 21.0. The molecule has 4 rings (SSSR count). The Balaban J connectivity index is 1.69. The Kier molecular flexibility index (Phi) is 8.02. The molecule has 8 heteroatoms. The maximum atomic E-state index is 13.9. The van der Waals surface area contributed by atoms with Crippen molar-refractivity contribution in [3.63, 3.8) is 0 Å². The number of benzene rings is 4. The van der Waals surface area contributed by atoms with Crippen molar-refractivity contribution in [2.45, 2.75) is 44.4 Å². The number of halogens is 1. The molecule has 4 aromatic rings. The number of sulfonamides is 1. The summed E-state index contributed by atoms with van der Waals surface area (Å²) in [5, 5.41) is 1.54. The normalized spacial score (nSPS) is 12.0. The minimum Gasteiger partial charge on any atom is -0.443 e. The van der Waals surface area contributed by atoms with E-state index in [1.807, 2.05) is 66.7 Å². The van der Waals surface area contributed by atoms with Gasteiger partial charge in [-0.2, -0.15) is 4.31 Å². The zero-order chi connectivity index (χ0) is 26.6. The molecular formula is C29H29BrN2O4S. The van der Waals surface area contributed by atoms with E-state index in [0.717, 1.165) is 16.5 Å². The molecule has 1 amide bonds. The van der Waals surface area contributed by atoms with Gasteiger partial charge in [-0.05, 0) is 66.9 Å². The molecule has 0 N–H and O–H groups in total. The van der Waals surface area contributed by atoms with Crippen LogP contribution < -0.4 is 3.93 Å². The van der Waals surface area contributed by atoms with Gasteiger partial charge in [-0.25, -0.2) is 17.1 Å². The highest BCUT2D eigenvalue weighted by molar-refractivity contribution is 9.10. The first-order chi connectivity index (χ1) is 17.5. The molecule has 0 bridgehead atoms. The summed E-state index contributed by atoms with van der Waals surface area (Å²) in [4.78, 5) is 12.7. The van der Waals surface area contributed by atoms with Crippen molar-refractivity contribution in [3.8, 4) is 0 Å². The summed E-state index contributed by atoms with van der Waals surface area (Å²) in [6.45, 7) is 5.85. The van der Waals surface area contributed by atoms with Gasteiger partial charge in [0.15, 0.2) is 0 Å². The summed E-state index contributed by atoms with van der Waals surface area (Å²) >= 11 is 3.28. The molecule has 6 nitrogen and oxygen atoms in total. The van der Waals surface area contributed by atoms with Crippen LogP contribution in [0.15, 0.2) is 102 Å². The second kappa shape index (κ2) is 11.0. The number of amides is 1. The summed E-state index contributed by atoms with van der Waals surface area (Å²) in [7, 11) is -3.85. The van der Waals surface area contributed by atoms with Crippen molar-refractivity contribution in [2.75, 3.05) is 3.93 Å². The Morgan fingerprint density at radius 1 is 0.784 bits per heavy atom. The lowest BCUT2D eigenvalue weighted by molar-refractivity contribution is 0.0614. The molecular weight excluding hydrogens is 552 g/mol. The van der Waals surface area contributed by atoms with Crippen LogP contribution in [0.5, 0.6) is 0 Å². The van der Waals surface area contributed by atoms with E-state index in [2.05, 4.69) is 16.1 Å². The van der Waals surface area contributed by atoms with Gasteiger partial charge >= 0.3 is 6.09 Å². The van der Waals surface area contributed by atoms with Gasteiger partial charge in [0.1, 0.15) is 5.60 Å². The maximum Gasteiger partial charge on any atom is 0.425 e. The first-order valence-electron chi connectivity index (χ1n) is 11.8. The summed E-state index contributed by atoms with van der Waals surface area (Å²) in [5.74, 6) is 0. The average molecular weight is 582 g/mol. The number of rotatable bonds is 7. The van der Waals surface area contributed by atoms with E-state index in [0.29, 0.717) is 11.1 Å². The quantitative estimate of drug-likeness (QED) is 0.215. The van der Waals surface area contributed by atoms with Crippen LogP contribution in [-0.4, -0.2) is 24.4 Å². The maximum absolute atomic E-state index is 13.9. The molecule has 0 saturated heterocycles. The molecule has 0 spiro atoms. The van der Waals surface area contributed by atoms with Gasteiger partial charge in [-0.1, -0.05) is 72.8 Å². The number of anilines is 1. The van der Waals surface area contributed by atoms with Gasteiger partial charge in [0, 0.05) is 13.1 Å². The van der Waals surface area contributed by atoms with Gasteiger partial charge in [0.25, 0.3) is 0 Å². The van der Waals surface area contributed by atoms with Crippen LogP contribution in [0.25, 0.3) is 10.8 Å². The van der Waals surface area contributed by atoms with Crippen LogP contribution in [0.2, 0.25) is 0 Å². The summed E-state index contributed by atoms with van der Waals surface area (Å²) < 4.78 is 35.9. The highest BCUT2D eigenvalue weighted by Crippen LogP contribution is 2.29. The standard InChI is InChI=1S/C29H29BrN2O4S/c1-29(2,3)36-28(33)32(30)26-16-14-24-15-17-27(19-25(24)18-26)37(34,35)31(20-22-10-6-4-7-11-22)21-23-12-8-5-9-13-23/h4-19H,20-21H2,1-3H3. The molecule has 0 unspecified atom stereocenters. The molecule has 0 aliphatic carbocycles. The molecule has 0 fully saturated rings. The minimum atomic E-state index is -3.85. The summed E-state index contributed by atoms with van der Waals surface area (Å²) in [6, 6.07) is 29.5. The van der Waals surface area contributed by atoms with E-state index in [4.69, 9.17) is 4.74 Å². The fraction of sp³-hybridized carbons (Fsp3) is 0.207. The molecule has 4 aromatic carbocycles. The molecule has 0 heterocycles. The summed E-state index contributed by atoms with van der Waals surface area (Å²) in [6.07, 6.45) is -0.562. The number of nitrogens with zero attached hydrogens (tertiary/aromatic N) is 2. The number of fused-ring (bicyclic) bond motifs is 1. The topological polar surface area (TPSA) is 66.9 Å². The largest absolute Gasteiger partial charge is 0.443 e. The Labute approximate surface area is 226 Å². The number of hydrogen-bond acceptors (Lipinski definition) is 4. The molecule has 0 aliphatic heterocycles. The number of ether oxygens (including phenoxy) is 1. The lowest BCUT2D eigenvalue weighted by Crippen LogP contribution is -2.31. The molecule has 37 heavy (non-hydrogen) atoms. The van der Waals surface area contributed by atoms with Crippen LogP contribution in [0.4, 0.5) is 10.5 Å². The molecule has 0 radical (unpaired) electrons. The third-order valence-electron chi connectivity index (χ3n) is 5.62. The SMILES string of the molecule is CC(C)(C)OC(=O)N(Br)c1ccc2ccc(S(=O)(=O)N(Cc3ccccc3)Cc3ccccc3)cc2c1. The van der Waals surface area contributed by atoms with Gasteiger partial charge < -0.3 is 4.74 Å². The second-order valence-electron chi connectivity index (χ2n) is 9.70. The zero-order valence-corrected chi connectivity index (χ0v) is 23.4. The van der Waals surface area contributed by atoms with Gasteiger partial charge in [-0.15, -0.1) is 0 Å². The van der Waals surface area contributed by atoms with Crippen LogP contribution >= 0.6 is 16.1 Å². The van der Waals surface area contributed by atoms with Crippen molar-refractivity contribution in [1.29, 1.82) is 0 Å². The Morgan fingerprint density at radius 2 is 1.32 bits per heavy atom. The van der Waals surface area contributed by atoms with Crippen molar-refractivity contribution in [3.05, 3.63) is 108 Å². The third-order valence-corrected chi connectivity index (χ3v) is 8.10. The molecule has 192 valence electrons. The number of carbonyl (C=O) groups is 1. The van der Waals surface area contributed by atoms with E-state index >= 15 is 0 Å². The van der Waals surface area contributed by atoms with Gasteiger partial charge in [0.05, 0.1) is 26.7 Å².